The standard InChI is InChI=1S/C23H20INO4/c1-15-12-16(2)14-18(13-15)25-23(27)22(17-6-4-3-5-7-17)29-21(26)11-9-19-8-10-20(24)28-19/h3-14,22H,1-2H3,(H,25,27). The molecular weight excluding hydrogens is 481 g/mol. The first-order valence-electron chi connectivity index (χ1n) is 8.99. The molecule has 0 aliphatic rings. The molecule has 0 aliphatic carbocycles. The minimum absolute atomic E-state index is 0.421. The number of hydrogen-bond donors (Lipinski definition) is 1. The van der Waals surface area contributed by atoms with Crippen molar-refractivity contribution < 1.29 is 18.7 Å². The molecule has 0 spiro atoms. The second kappa shape index (κ2) is 9.56. The molecule has 0 saturated carbocycles. The van der Waals surface area contributed by atoms with Gasteiger partial charge in [-0.3, -0.25) is 4.79 Å². The molecule has 1 atom stereocenters. The molecule has 6 heteroatoms. The number of carbonyl (C=O) groups is 2. The molecule has 2 aromatic carbocycles. The molecule has 1 heterocycles. The van der Waals surface area contributed by atoms with E-state index >= 15 is 0 Å². The summed E-state index contributed by atoms with van der Waals surface area (Å²) in [5, 5.41) is 2.84. The number of nitrogens with one attached hydrogen (secondary N) is 1. The fraction of sp³-hybridized carbons (Fsp3) is 0.130. The average molecular weight is 501 g/mol. The zero-order valence-electron chi connectivity index (χ0n) is 16.0. The largest absolute Gasteiger partial charge is 0.451 e. The normalized spacial score (nSPS) is 12.0. The minimum Gasteiger partial charge on any atom is -0.451 e. The van der Waals surface area contributed by atoms with Crippen molar-refractivity contribution in [2.24, 2.45) is 0 Å². The predicted molar refractivity (Wildman–Crippen MR) is 120 cm³/mol. The van der Waals surface area contributed by atoms with E-state index in [1.807, 2.05) is 60.7 Å². The molecule has 3 aromatic rings. The summed E-state index contributed by atoms with van der Waals surface area (Å²) < 4.78 is 11.6. The number of halogens is 1. The van der Waals surface area contributed by atoms with Crippen LogP contribution in [0.15, 0.2) is 71.2 Å². The van der Waals surface area contributed by atoms with Crippen LogP contribution in [0.2, 0.25) is 0 Å². The molecule has 0 radical (unpaired) electrons. The van der Waals surface area contributed by atoms with E-state index in [0.29, 0.717) is 20.8 Å². The Bertz CT molecular complexity index is 1020. The van der Waals surface area contributed by atoms with Crippen molar-refractivity contribution in [3.05, 3.63) is 93.0 Å². The number of aryl methyl sites for hydroxylation is 2. The van der Waals surface area contributed by atoms with E-state index in [-0.39, 0.29) is 0 Å². The van der Waals surface area contributed by atoms with E-state index in [9.17, 15) is 9.59 Å². The summed E-state index contributed by atoms with van der Waals surface area (Å²) in [6.45, 7) is 3.91. The van der Waals surface area contributed by atoms with Crippen LogP contribution in [0, 0.1) is 17.6 Å². The number of benzene rings is 2. The second-order valence-electron chi connectivity index (χ2n) is 6.57. The molecule has 1 N–H and O–H groups in total. The quantitative estimate of drug-likeness (QED) is 0.278. The van der Waals surface area contributed by atoms with E-state index in [1.54, 1.807) is 36.4 Å². The number of rotatable bonds is 6. The lowest BCUT2D eigenvalue weighted by molar-refractivity contribution is -0.149. The topological polar surface area (TPSA) is 68.5 Å². The maximum atomic E-state index is 12.9. The smallest absolute Gasteiger partial charge is 0.332 e. The minimum atomic E-state index is -1.08. The second-order valence-corrected chi connectivity index (χ2v) is 7.63. The third-order valence-electron chi connectivity index (χ3n) is 4.04. The van der Waals surface area contributed by atoms with Gasteiger partial charge in [-0.25, -0.2) is 4.79 Å². The summed E-state index contributed by atoms with van der Waals surface area (Å²) >= 11 is 2.04. The zero-order valence-corrected chi connectivity index (χ0v) is 18.2. The Morgan fingerprint density at radius 2 is 1.72 bits per heavy atom. The maximum absolute atomic E-state index is 12.9. The van der Waals surface area contributed by atoms with Gasteiger partial charge in [-0.15, -0.1) is 0 Å². The van der Waals surface area contributed by atoms with E-state index < -0.39 is 18.0 Å². The summed E-state index contributed by atoms with van der Waals surface area (Å²) in [5.41, 5.74) is 3.31. The van der Waals surface area contributed by atoms with Crippen molar-refractivity contribution in [2.75, 3.05) is 5.32 Å². The van der Waals surface area contributed by atoms with Gasteiger partial charge in [0.05, 0.1) is 0 Å². The SMILES string of the molecule is Cc1cc(C)cc(NC(=O)C(OC(=O)C=Cc2ccc(I)o2)c2ccccc2)c1. The number of hydrogen-bond acceptors (Lipinski definition) is 4. The van der Waals surface area contributed by atoms with Crippen LogP contribution in [0.1, 0.15) is 28.6 Å². The van der Waals surface area contributed by atoms with Gasteiger partial charge in [0.15, 0.2) is 3.77 Å². The first-order chi connectivity index (χ1) is 13.9. The maximum Gasteiger partial charge on any atom is 0.332 e. The fourth-order valence-corrected chi connectivity index (χ4v) is 3.31. The highest BCUT2D eigenvalue weighted by Crippen LogP contribution is 2.22. The first kappa shape index (κ1) is 20.9. The number of amides is 1. The van der Waals surface area contributed by atoms with Gasteiger partial charge in [0, 0.05) is 17.3 Å². The molecule has 29 heavy (non-hydrogen) atoms. The number of ether oxygens (including phenoxy) is 1. The molecule has 1 aromatic heterocycles. The molecule has 0 bridgehead atoms. The number of esters is 1. The van der Waals surface area contributed by atoms with E-state index in [2.05, 4.69) is 5.32 Å². The Labute approximate surface area is 182 Å². The van der Waals surface area contributed by atoms with Crippen molar-refractivity contribution in [1.82, 2.24) is 0 Å². The van der Waals surface area contributed by atoms with Gasteiger partial charge < -0.3 is 14.5 Å². The molecule has 5 nitrogen and oxygen atoms in total. The van der Waals surface area contributed by atoms with Crippen molar-refractivity contribution in [2.45, 2.75) is 20.0 Å². The summed E-state index contributed by atoms with van der Waals surface area (Å²) in [6.07, 6.45) is 1.68. The highest BCUT2D eigenvalue weighted by molar-refractivity contribution is 14.1. The van der Waals surface area contributed by atoms with Gasteiger partial charge >= 0.3 is 5.97 Å². The number of carbonyl (C=O) groups excluding carboxylic acids is 2. The van der Waals surface area contributed by atoms with E-state index in [4.69, 9.17) is 9.15 Å². The summed E-state index contributed by atoms with van der Waals surface area (Å²) in [5.74, 6) is -0.529. The zero-order chi connectivity index (χ0) is 20.8. The van der Waals surface area contributed by atoms with E-state index in [0.717, 1.165) is 11.1 Å². The van der Waals surface area contributed by atoms with Crippen LogP contribution in [0.3, 0.4) is 0 Å². The molecule has 1 amide bonds. The predicted octanol–water partition coefficient (Wildman–Crippen LogP) is 5.44. The van der Waals surface area contributed by atoms with Gasteiger partial charge in [-0.2, -0.15) is 0 Å². The van der Waals surface area contributed by atoms with Gasteiger partial charge in [0.1, 0.15) is 5.76 Å². The Kier molecular flexibility index (Phi) is 6.87. The fourth-order valence-electron chi connectivity index (χ4n) is 2.88. The average Bonchev–Trinajstić information content (AvgIpc) is 3.09. The van der Waals surface area contributed by atoms with Crippen molar-refractivity contribution in [3.8, 4) is 0 Å². The van der Waals surface area contributed by atoms with Crippen LogP contribution in [0.25, 0.3) is 6.08 Å². The third kappa shape index (κ3) is 6.05. The first-order valence-corrected chi connectivity index (χ1v) is 10.1. The van der Waals surface area contributed by atoms with Gasteiger partial charge in [0.2, 0.25) is 6.10 Å². The third-order valence-corrected chi connectivity index (χ3v) is 4.62. The summed E-state index contributed by atoms with van der Waals surface area (Å²) in [6, 6.07) is 18.2. The summed E-state index contributed by atoms with van der Waals surface area (Å²) in [7, 11) is 0. The van der Waals surface area contributed by atoms with E-state index in [1.165, 1.54) is 12.2 Å². The van der Waals surface area contributed by atoms with Crippen LogP contribution in [-0.4, -0.2) is 11.9 Å². The molecule has 148 valence electrons. The molecule has 3 rings (SSSR count). The van der Waals surface area contributed by atoms with Crippen LogP contribution < -0.4 is 5.32 Å². The summed E-state index contributed by atoms with van der Waals surface area (Å²) in [4.78, 5) is 25.3. The van der Waals surface area contributed by atoms with Crippen LogP contribution in [0.5, 0.6) is 0 Å². The lowest BCUT2D eigenvalue weighted by Gasteiger charge is -2.17. The Morgan fingerprint density at radius 3 is 2.34 bits per heavy atom. The molecular formula is C23H20INO4. The molecule has 0 saturated heterocycles. The highest BCUT2D eigenvalue weighted by atomic mass is 127. The van der Waals surface area contributed by atoms with Gasteiger partial charge in [0.25, 0.3) is 5.91 Å². The van der Waals surface area contributed by atoms with Gasteiger partial charge in [-0.1, -0.05) is 36.4 Å². The number of anilines is 1. The molecule has 1 unspecified atom stereocenters. The Balaban J connectivity index is 1.78. The van der Waals surface area contributed by atoms with Crippen molar-refractivity contribution in [3.63, 3.8) is 0 Å². The van der Waals surface area contributed by atoms with Crippen LogP contribution in [0.4, 0.5) is 5.69 Å². The lowest BCUT2D eigenvalue weighted by atomic mass is 10.1. The Morgan fingerprint density at radius 1 is 1.03 bits per heavy atom. The van der Waals surface area contributed by atoms with Crippen molar-refractivity contribution in [1.29, 1.82) is 0 Å². The van der Waals surface area contributed by atoms with Crippen LogP contribution in [-0.2, 0) is 14.3 Å². The van der Waals surface area contributed by atoms with Crippen molar-refractivity contribution >= 4 is 46.2 Å². The Hall–Kier alpha value is -2.87. The van der Waals surface area contributed by atoms with Gasteiger partial charge in [-0.05, 0) is 77.9 Å². The monoisotopic (exact) mass is 501 g/mol. The molecule has 0 fully saturated rings. The van der Waals surface area contributed by atoms with Crippen LogP contribution >= 0.6 is 22.6 Å². The lowest BCUT2D eigenvalue weighted by Crippen LogP contribution is -2.25. The molecule has 0 aliphatic heterocycles. The number of furan rings is 1. The highest BCUT2D eigenvalue weighted by Gasteiger charge is 2.24.